The molecule has 104 valence electrons. The molecule has 0 bridgehead atoms. The Kier molecular flexibility index (Phi) is 5.11. The van der Waals surface area contributed by atoms with Crippen LogP contribution in [0.5, 0.6) is 0 Å². The summed E-state index contributed by atoms with van der Waals surface area (Å²) in [7, 11) is 0. The Labute approximate surface area is 131 Å². The summed E-state index contributed by atoms with van der Waals surface area (Å²) in [6, 6.07) is 14.2. The Bertz CT molecular complexity index is 601. The zero-order valence-corrected chi connectivity index (χ0v) is 13.2. The fourth-order valence-corrected chi connectivity index (χ4v) is 2.72. The van der Waals surface area contributed by atoms with Crippen LogP contribution in [0.2, 0.25) is 0 Å². The van der Waals surface area contributed by atoms with E-state index in [0.29, 0.717) is 9.13 Å². The second-order valence-electron chi connectivity index (χ2n) is 4.69. The first-order valence-electron chi connectivity index (χ1n) is 6.36. The van der Waals surface area contributed by atoms with Crippen molar-refractivity contribution < 1.29 is 9.18 Å². The second kappa shape index (κ2) is 6.83. The van der Waals surface area contributed by atoms with E-state index in [2.05, 4.69) is 5.32 Å². The Morgan fingerprint density at radius 3 is 2.60 bits per heavy atom. The zero-order chi connectivity index (χ0) is 14.5. The lowest BCUT2D eigenvalue weighted by atomic mass is 10.1. The van der Waals surface area contributed by atoms with Crippen molar-refractivity contribution in [2.24, 2.45) is 0 Å². The van der Waals surface area contributed by atoms with Gasteiger partial charge in [-0.05, 0) is 59.7 Å². The van der Waals surface area contributed by atoms with Gasteiger partial charge in [-0.1, -0.05) is 30.3 Å². The molecule has 2 rings (SSSR count). The van der Waals surface area contributed by atoms with E-state index in [-0.39, 0.29) is 17.8 Å². The van der Waals surface area contributed by atoms with Gasteiger partial charge in [-0.25, -0.2) is 4.39 Å². The van der Waals surface area contributed by atoms with Gasteiger partial charge >= 0.3 is 0 Å². The first-order valence-corrected chi connectivity index (χ1v) is 7.44. The Balaban J connectivity index is 2.00. The standard InChI is InChI=1S/C16H15FINO/c1-11(9-12-5-3-2-4-6-12)19-16(20)14-8-7-13(17)10-15(14)18/h2-8,10-11H,9H2,1H3,(H,19,20). The molecule has 0 spiro atoms. The first kappa shape index (κ1) is 15.0. The molecule has 0 aliphatic carbocycles. The normalized spacial score (nSPS) is 11.9. The molecule has 4 heteroatoms. The molecule has 0 fully saturated rings. The highest BCUT2D eigenvalue weighted by Crippen LogP contribution is 2.14. The number of hydrogen-bond donors (Lipinski definition) is 1. The minimum Gasteiger partial charge on any atom is -0.349 e. The van der Waals surface area contributed by atoms with Gasteiger partial charge in [0.15, 0.2) is 0 Å². The van der Waals surface area contributed by atoms with Crippen LogP contribution in [0.15, 0.2) is 48.5 Å². The molecule has 0 saturated heterocycles. The average molecular weight is 383 g/mol. The number of benzene rings is 2. The van der Waals surface area contributed by atoms with Crippen LogP contribution >= 0.6 is 22.6 Å². The van der Waals surface area contributed by atoms with Gasteiger partial charge in [-0.15, -0.1) is 0 Å². The van der Waals surface area contributed by atoms with Crippen molar-refractivity contribution in [2.45, 2.75) is 19.4 Å². The van der Waals surface area contributed by atoms with Crippen LogP contribution in [0.1, 0.15) is 22.8 Å². The van der Waals surface area contributed by atoms with E-state index in [1.54, 1.807) is 0 Å². The lowest BCUT2D eigenvalue weighted by Crippen LogP contribution is -2.34. The van der Waals surface area contributed by atoms with Crippen molar-refractivity contribution in [2.75, 3.05) is 0 Å². The Morgan fingerprint density at radius 2 is 1.95 bits per heavy atom. The second-order valence-corrected chi connectivity index (χ2v) is 5.85. The van der Waals surface area contributed by atoms with Crippen LogP contribution in [0.3, 0.4) is 0 Å². The molecule has 0 radical (unpaired) electrons. The van der Waals surface area contributed by atoms with Crippen molar-refractivity contribution in [3.8, 4) is 0 Å². The van der Waals surface area contributed by atoms with Gasteiger partial charge in [0.1, 0.15) is 5.82 Å². The summed E-state index contributed by atoms with van der Waals surface area (Å²) in [6.45, 7) is 1.96. The SMILES string of the molecule is CC(Cc1ccccc1)NC(=O)c1ccc(F)cc1I. The topological polar surface area (TPSA) is 29.1 Å². The maximum atomic E-state index is 13.0. The average Bonchev–Trinajstić information content (AvgIpc) is 2.39. The fourth-order valence-electron chi connectivity index (χ4n) is 1.99. The maximum Gasteiger partial charge on any atom is 0.252 e. The molecule has 0 saturated carbocycles. The lowest BCUT2D eigenvalue weighted by Gasteiger charge is -2.14. The van der Waals surface area contributed by atoms with Crippen LogP contribution in [-0.4, -0.2) is 11.9 Å². The monoisotopic (exact) mass is 383 g/mol. The lowest BCUT2D eigenvalue weighted by molar-refractivity contribution is 0.0939. The van der Waals surface area contributed by atoms with Crippen molar-refractivity contribution >= 4 is 28.5 Å². The van der Waals surface area contributed by atoms with E-state index in [1.165, 1.54) is 23.8 Å². The smallest absolute Gasteiger partial charge is 0.252 e. The summed E-state index contributed by atoms with van der Waals surface area (Å²) in [5.74, 6) is -0.499. The molecule has 0 aliphatic rings. The number of carbonyl (C=O) groups is 1. The van der Waals surface area contributed by atoms with Crippen LogP contribution in [-0.2, 0) is 6.42 Å². The Morgan fingerprint density at radius 1 is 1.25 bits per heavy atom. The number of halogens is 2. The van der Waals surface area contributed by atoms with Crippen LogP contribution in [0.4, 0.5) is 4.39 Å². The molecule has 20 heavy (non-hydrogen) atoms. The highest BCUT2D eigenvalue weighted by Gasteiger charge is 2.13. The maximum absolute atomic E-state index is 13.0. The molecule has 0 aliphatic heterocycles. The molecule has 2 nitrogen and oxygen atoms in total. The fraction of sp³-hybridized carbons (Fsp3) is 0.188. The van der Waals surface area contributed by atoms with Crippen LogP contribution in [0.25, 0.3) is 0 Å². The van der Waals surface area contributed by atoms with Crippen LogP contribution < -0.4 is 5.32 Å². The molecule has 0 aromatic heterocycles. The molecule has 2 aromatic carbocycles. The van der Waals surface area contributed by atoms with Crippen molar-refractivity contribution in [3.05, 3.63) is 69.0 Å². The van der Waals surface area contributed by atoms with Crippen LogP contribution in [0, 0.1) is 9.39 Å². The van der Waals surface area contributed by atoms with Gasteiger partial charge in [0.25, 0.3) is 5.91 Å². The molecule has 1 unspecified atom stereocenters. The van der Waals surface area contributed by atoms with Crippen molar-refractivity contribution in [1.82, 2.24) is 5.32 Å². The van der Waals surface area contributed by atoms with E-state index >= 15 is 0 Å². The molecule has 0 heterocycles. The van der Waals surface area contributed by atoms with Gasteiger partial charge in [0.05, 0.1) is 5.56 Å². The summed E-state index contributed by atoms with van der Waals surface area (Å²) in [5.41, 5.74) is 1.68. The van der Waals surface area contributed by atoms with E-state index in [0.717, 1.165) is 6.42 Å². The Hall–Kier alpha value is -1.43. The van der Waals surface area contributed by atoms with E-state index < -0.39 is 0 Å². The van der Waals surface area contributed by atoms with E-state index in [4.69, 9.17) is 0 Å². The largest absolute Gasteiger partial charge is 0.349 e. The van der Waals surface area contributed by atoms with Gasteiger partial charge in [-0.2, -0.15) is 0 Å². The molecular formula is C16H15FINO. The number of amides is 1. The number of rotatable bonds is 4. The molecule has 1 amide bonds. The molecule has 1 atom stereocenters. The summed E-state index contributed by atoms with van der Waals surface area (Å²) in [6.07, 6.45) is 0.768. The van der Waals surface area contributed by atoms with Gasteiger partial charge in [0, 0.05) is 9.61 Å². The highest BCUT2D eigenvalue weighted by molar-refractivity contribution is 14.1. The predicted octanol–water partition coefficient (Wildman–Crippen LogP) is 3.79. The van der Waals surface area contributed by atoms with E-state index in [1.807, 2.05) is 59.8 Å². The van der Waals surface area contributed by atoms with Gasteiger partial charge in [-0.3, -0.25) is 4.79 Å². The minimum absolute atomic E-state index is 0.0192. The number of carbonyl (C=O) groups excluding carboxylic acids is 1. The van der Waals surface area contributed by atoms with Crippen molar-refractivity contribution in [3.63, 3.8) is 0 Å². The first-order chi connectivity index (χ1) is 9.56. The third-order valence-corrected chi connectivity index (χ3v) is 3.83. The van der Waals surface area contributed by atoms with Crippen molar-refractivity contribution in [1.29, 1.82) is 0 Å². The number of nitrogens with one attached hydrogen (secondary N) is 1. The molecular weight excluding hydrogens is 368 g/mol. The van der Waals surface area contributed by atoms with E-state index in [9.17, 15) is 9.18 Å². The third-order valence-electron chi connectivity index (χ3n) is 2.94. The summed E-state index contributed by atoms with van der Waals surface area (Å²) in [5, 5.41) is 2.94. The summed E-state index contributed by atoms with van der Waals surface area (Å²) < 4.78 is 13.6. The van der Waals surface area contributed by atoms with Gasteiger partial charge in [0.2, 0.25) is 0 Å². The summed E-state index contributed by atoms with van der Waals surface area (Å²) >= 11 is 1.97. The minimum atomic E-state index is -0.330. The molecule has 1 N–H and O–H groups in total. The zero-order valence-electron chi connectivity index (χ0n) is 11.1. The van der Waals surface area contributed by atoms with Gasteiger partial charge < -0.3 is 5.32 Å². The predicted molar refractivity (Wildman–Crippen MR) is 86.2 cm³/mol. The third kappa shape index (κ3) is 4.03. The highest BCUT2D eigenvalue weighted by atomic mass is 127. The summed E-state index contributed by atoms with van der Waals surface area (Å²) in [4.78, 5) is 12.1. The number of hydrogen-bond acceptors (Lipinski definition) is 1. The molecule has 2 aromatic rings. The quantitative estimate of drug-likeness (QED) is 0.800.